The molecule has 0 amide bonds. The van der Waals surface area contributed by atoms with Gasteiger partial charge in [0, 0.05) is 27.0 Å². The number of ether oxygens (including phenoxy) is 4. The van der Waals surface area contributed by atoms with Crippen molar-refractivity contribution in [1.82, 2.24) is 0 Å². The molecule has 1 fully saturated rings. The van der Waals surface area contributed by atoms with E-state index in [1.807, 2.05) is 0 Å². The van der Waals surface area contributed by atoms with Gasteiger partial charge in [-0.2, -0.15) is 0 Å². The summed E-state index contributed by atoms with van der Waals surface area (Å²) >= 11 is 11.6. The van der Waals surface area contributed by atoms with Crippen LogP contribution in [0.25, 0.3) is 0 Å². The summed E-state index contributed by atoms with van der Waals surface area (Å²) in [7, 11) is 0. The predicted molar refractivity (Wildman–Crippen MR) is 79.1 cm³/mol. The Labute approximate surface area is 142 Å². The highest BCUT2D eigenvalue weighted by atomic mass is 35.5. The van der Waals surface area contributed by atoms with Crippen molar-refractivity contribution in [3.63, 3.8) is 0 Å². The van der Waals surface area contributed by atoms with Crippen LogP contribution < -0.4 is 0 Å². The van der Waals surface area contributed by atoms with E-state index in [1.165, 1.54) is 0 Å². The van der Waals surface area contributed by atoms with E-state index >= 15 is 0 Å². The van der Waals surface area contributed by atoms with Crippen LogP contribution in [0.3, 0.4) is 0 Å². The number of carbonyl (C=O) groups excluding carboxylic acids is 3. The van der Waals surface area contributed by atoms with Gasteiger partial charge in [-0.05, 0) is 0 Å². The SMILES string of the molecule is CC(=O)OC1O[C@H](C=N)[C@@H](OC(C)=O)[C@H](OC(C)=O)C1=C(Cl)Cl. The molecule has 1 saturated heterocycles. The maximum atomic E-state index is 11.4. The van der Waals surface area contributed by atoms with Crippen molar-refractivity contribution >= 4 is 47.3 Å². The molecular weight excluding hydrogens is 353 g/mol. The number of nitrogens with one attached hydrogen (secondary N) is 1. The Bertz CT molecular complexity index is 544. The minimum Gasteiger partial charge on any atom is -0.455 e. The van der Waals surface area contributed by atoms with Crippen molar-refractivity contribution in [2.45, 2.75) is 45.4 Å². The summed E-state index contributed by atoms with van der Waals surface area (Å²) in [5, 5.41) is 7.39. The molecule has 8 nitrogen and oxygen atoms in total. The van der Waals surface area contributed by atoms with Gasteiger partial charge in [-0.1, -0.05) is 23.2 Å². The molecule has 1 heterocycles. The molecule has 128 valence electrons. The first kappa shape index (κ1) is 19.4. The van der Waals surface area contributed by atoms with Crippen LogP contribution in [0.1, 0.15) is 20.8 Å². The number of hydrogen-bond acceptors (Lipinski definition) is 8. The second-order valence-corrected chi connectivity index (χ2v) is 5.48. The fourth-order valence-corrected chi connectivity index (χ4v) is 2.37. The van der Waals surface area contributed by atoms with Gasteiger partial charge in [0.15, 0.2) is 12.2 Å². The zero-order chi connectivity index (χ0) is 17.7. The lowest BCUT2D eigenvalue weighted by Crippen LogP contribution is -2.55. The van der Waals surface area contributed by atoms with Crippen molar-refractivity contribution < 1.29 is 33.3 Å². The maximum absolute atomic E-state index is 11.4. The average molecular weight is 368 g/mol. The highest BCUT2D eigenvalue weighted by molar-refractivity contribution is 6.56. The third-order valence-electron chi connectivity index (χ3n) is 2.71. The van der Waals surface area contributed by atoms with Crippen LogP contribution in [0.2, 0.25) is 0 Å². The fraction of sp³-hybridized carbons (Fsp3) is 0.538. The number of esters is 3. The summed E-state index contributed by atoms with van der Waals surface area (Å²) in [5.41, 5.74) is -0.0944. The van der Waals surface area contributed by atoms with E-state index < -0.39 is 42.5 Å². The first-order valence-electron chi connectivity index (χ1n) is 6.40. The Kier molecular flexibility index (Phi) is 6.99. The molecule has 0 aromatic rings. The van der Waals surface area contributed by atoms with Crippen molar-refractivity contribution in [2.75, 3.05) is 0 Å². The van der Waals surface area contributed by atoms with Gasteiger partial charge in [0.05, 0.1) is 5.57 Å². The van der Waals surface area contributed by atoms with E-state index in [9.17, 15) is 14.4 Å². The summed E-state index contributed by atoms with van der Waals surface area (Å²) < 4.78 is 20.1. The normalized spacial score (nSPS) is 26.9. The highest BCUT2D eigenvalue weighted by Gasteiger charge is 2.48. The molecule has 0 radical (unpaired) electrons. The van der Waals surface area contributed by atoms with E-state index in [0.717, 1.165) is 27.0 Å². The van der Waals surface area contributed by atoms with Crippen molar-refractivity contribution in [1.29, 1.82) is 5.41 Å². The Balaban J connectivity index is 3.33. The molecule has 0 saturated carbocycles. The Morgan fingerprint density at radius 1 is 1.04 bits per heavy atom. The summed E-state index contributed by atoms with van der Waals surface area (Å²) in [4.78, 5) is 33.8. The van der Waals surface area contributed by atoms with Gasteiger partial charge in [-0.15, -0.1) is 0 Å². The van der Waals surface area contributed by atoms with Crippen molar-refractivity contribution in [3.8, 4) is 0 Å². The summed E-state index contributed by atoms with van der Waals surface area (Å²) in [6, 6.07) is 0. The molecule has 1 N–H and O–H groups in total. The van der Waals surface area contributed by atoms with Gasteiger partial charge < -0.3 is 24.4 Å². The van der Waals surface area contributed by atoms with E-state index in [1.54, 1.807) is 0 Å². The predicted octanol–water partition coefficient (Wildman–Crippen LogP) is 1.48. The lowest BCUT2D eigenvalue weighted by molar-refractivity contribution is -0.216. The van der Waals surface area contributed by atoms with Crippen LogP contribution in [0.5, 0.6) is 0 Å². The van der Waals surface area contributed by atoms with Gasteiger partial charge >= 0.3 is 17.9 Å². The Morgan fingerprint density at radius 3 is 1.96 bits per heavy atom. The highest BCUT2D eigenvalue weighted by Crippen LogP contribution is 2.35. The molecule has 0 bridgehead atoms. The van der Waals surface area contributed by atoms with Gasteiger partial charge in [0.25, 0.3) is 0 Å². The topological polar surface area (TPSA) is 112 Å². The van der Waals surface area contributed by atoms with Crippen LogP contribution >= 0.6 is 23.2 Å². The Hall–Kier alpha value is -1.64. The molecule has 1 aliphatic heterocycles. The first-order chi connectivity index (χ1) is 10.7. The minimum atomic E-state index is -1.39. The maximum Gasteiger partial charge on any atom is 0.305 e. The van der Waals surface area contributed by atoms with E-state index in [-0.39, 0.29) is 10.1 Å². The smallest absolute Gasteiger partial charge is 0.305 e. The third kappa shape index (κ3) is 5.19. The van der Waals surface area contributed by atoms with Crippen LogP contribution in [0.4, 0.5) is 0 Å². The number of hydrogen-bond donors (Lipinski definition) is 1. The zero-order valence-corrected chi connectivity index (χ0v) is 14.0. The van der Waals surface area contributed by atoms with E-state index in [2.05, 4.69) is 0 Å². The lowest BCUT2D eigenvalue weighted by Gasteiger charge is -2.40. The van der Waals surface area contributed by atoms with Crippen LogP contribution in [-0.2, 0) is 33.3 Å². The summed E-state index contributed by atoms with van der Waals surface area (Å²) in [6.07, 6.45) is -4.18. The molecule has 1 aliphatic rings. The molecule has 4 atom stereocenters. The molecule has 23 heavy (non-hydrogen) atoms. The zero-order valence-electron chi connectivity index (χ0n) is 12.5. The van der Waals surface area contributed by atoms with Gasteiger partial charge in [0.1, 0.15) is 10.6 Å². The number of carbonyl (C=O) groups is 3. The quantitative estimate of drug-likeness (QED) is 0.454. The molecule has 1 unspecified atom stereocenters. The van der Waals surface area contributed by atoms with E-state index in [0.29, 0.717) is 0 Å². The van der Waals surface area contributed by atoms with Crippen LogP contribution in [0, 0.1) is 5.41 Å². The van der Waals surface area contributed by atoms with E-state index in [4.69, 9.17) is 47.6 Å². The summed E-state index contributed by atoms with van der Waals surface area (Å²) in [5.74, 6) is -2.12. The van der Waals surface area contributed by atoms with Gasteiger partial charge in [-0.25, -0.2) is 0 Å². The van der Waals surface area contributed by atoms with Gasteiger partial charge in [-0.3, -0.25) is 14.4 Å². The third-order valence-corrected chi connectivity index (χ3v) is 3.15. The second kappa shape index (κ2) is 8.28. The van der Waals surface area contributed by atoms with Crippen LogP contribution in [-0.4, -0.2) is 48.7 Å². The van der Waals surface area contributed by atoms with Gasteiger partial charge in [0.2, 0.25) is 6.29 Å². The average Bonchev–Trinajstić information content (AvgIpc) is 2.39. The molecule has 1 rings (SSSR count). The molecule has 0 aliphatic carbocycles. The second-order valence-electron chi connectivity index (χ2n) is 4.53. The molecule has 10 heteroatoms. The lowest BCUT2D eigenvalue weighted by atomic mass is 9.97. The van der Waals surface area contributed by atoms with Crippen molar-refractivity contribution in [2.24, 2.45) is 0 Å². The number of halogens is 2. The first-order valence-corrected chi connectivity index (χ1v) is 7.15. The Morgan fingerprint density at radius 2 is 1.57 bits per heavy atom. The standard InChI is InChI=1S/C13H15Cl2NO7/c1-5(17)20-10-8(4-16)23-13(22-7(3)19)9(12(14)15)11(10)21-6(2)18/h4,8,10-11,13,16H,1-3H3/t8-,10-,11-,13?/m1/s1. The fourth-order valence-electron chi connectivity index (χ4n) is 1.98. The molecule has 0 aromatic heterocycles. The molecule has 0 spiro atoms. The van der Waals surface area contributed by atoms with Crippen LogP contribution in [0.15, 0.2) is 10.1 Å². The summed E-state index contributed by atoms with van der Waals surface area (Å²) in [6.45, 7) is 3.39. The number of rotatable bonds is 4. The molecular formula is C13H15Cl2NO7. The minimum absolute atomic E-state index is 0.0944. The molecule has 0 aromatic carbocycles. The van der Waals surface area contributed by atoms with Crippen molar-refractivity contribution in [3.05, 3.63) is 10.1 Å². The largest absolute Gasteiger partial charge is 0.455 e. The monoisotopic (exact) mass is 367 g/mol.